The predicted molar refractivity (Wildman–Crippen MR) is 121 cm³/mol. The van der Waals surface area contributed by atoms with Crippen LogP contribution in [0.1, 0.15) is 105 Å². The predicted octanol–water partition coefficient (Wildman–Crippen LogP) is 7.60. The maximum atomic E-state index is 2.48. The van der Waals surface area contributed by atoms with Crippen molar-refractivity contribution in [2.75, 3.05) is 0 Å². The van der Waals surface area contributed by atoms with Crippen LogP contribution >= 0.6 is 0 Å². The molecule has 0 aliphatic carbocycles. The smallest absolute Gasteiger partial charge is 0.00976 e. The van der Waals surface area contributed by atoms with Gasteiger partial charge in [-0.1, -0.05) is 72.7 Å². The normalized spacial score (nSPS) is 11.4. The molecule has 27 heavy (non-hydrogen) atoms. The molecular weight excluding hydrogens is 324 g/mol. The van der Waals surface area contributed by atoms with Gasteiger partial charge in [-0.15, -0.1) is 0 Å². The highest BCUT2D eigenvalue weighted by molar-refractivity contribution is 5.51. The van der Waals surface area contributed by atoms with Crippen LogP contribution in [0.25, 0.3) is 0 Å². The zero-order chi connectivity index (χ0) is 20.0. The van der Waals surface area contributed by atoms with Gasteiger partial charge in [0, 0.05) is 5.92 Å². The molecule has 0 aliphatic rings. The van der Waals surface area contributed by atoms with Crippen LogP contribution in [0.3, 0.4) is 0 Å². The largest absolute Gasteiger partial charge is 0.0645 e. The summed E-state index contributed by atoms with van der Waals surface area (Å²) in [5.41, 5.74) is 12.5. The van der Waals surface area contributed by atoms with Gasteiger partial charge in [-0.25, -0.2) is 0 Å². The van der Waals surface area contributed by atoms with Crippen LogP contribution in [0.4, 0.5) is 0 Å². The van der Waals surface area contributed by atoms with E-state index in [4.69, 9.17) is 0 Å². The third-order valence-electron chi connectivity index (χ3n) is 6.27. The molecule has 0 saturated heterocycles. The maximum Gasteiger partial charge on any atom is 0.00976 e. The molecule has 0 fully saturated rings. The van der Waals surface area contributed by atoms with Crippen LogP contribution in [0.15, 0.2) is 24.3 Å². The van der Waals surface area contributed by atoms with Crippen LogP contribution < -0.4 is 0 Å². The first-order valence-corrected chi connectivity index (χ1v) is 11.4. The van der Waals surface area contributed by atoms with Gasteiger partial charge in [-0.3, -0.25) is 0 Å². The number of hydrogen-bond acceptors (Lipinski definition) is 0. The third kappa shape index (κ3) is 4.48. The van der Waals surface area contributed by atoms with E-state index in [9.17, 15) is 0 Å². The molecular formula is C27H40. The van der Waals surface area contributed by atoms with E-state index in [1.54, 1.807) is 33.4 Å². The number of aryl methyl sites for hydroxylation is 6. The molecule has 2 aromatic carbocycles. The monoisotopic (exact) mass is 364 g/mol. The second-order valence-corrected chi connectivity index (χ2v) is 7.74. The Morgan fingerprint density at radius 3 is 0.963 bits per heavy atom. The summed E-state index contributed by atoms with van der Waals surface area (Å²) in [5, 5.41) is 0. The summed E-state index contributed by atoms with van der Waals surface area (Å²) in [7, 11) is 0. The molecule has 0 spiro atoms. The van der Waals surface area contributed by atoms with Gasteiger partial charge in [0.2, 0.25) is 0 Å². The van der Waals surface area contributed by atoms with Crippen LogP contribution in [-0.2, 0) is 38.5 Å². The first-order chi connectivity index (χ1) is 13.1. The Labute approximate surface area is 168 Å². The SMILES string of the molecule is CCc1cc(CC)c(C(CC)c2c(CC)cc(CC)cc2CC)c(CC)c1. The summed E-state index contributed by atoms with van der Waals surface area (Å²) in [6.07, 6.45) is 7.94. The molecule has 0 saturated carbocycles. The number of hydrogen-bond donors (Lipinski definition) is 0. The minimum absolute atomic E-state index is 0.525. The first kappa shape index (κ1) is 21.7. The van der Waals surface area contributed by atoms with Gasteiger partial charge in [-0.2, -0.15) is 0 Å². The van der Waals surface area contributed by atoms with Crippen LogP contribution in [-0.4, -0.2) is 0 Å². The molecule has 0 heteroatoms. The zero-order valence-corrected chi connectivity index (χ0v) is 18.8. The Balaban J connectivity index is 2.78. The molecule has 148 valence electrons. The van der Waals surface area contributed by atoms with E-state index in [1.165, 1.54) is 17.5 Å². The lowest BCUT2D eigenvalue weighted by molar-refractivity contribution is 0.730. The third-order valence-corrected chi connectivity index (χ3v) is 6.27. The van der Waals surface area contributed by atoms with Gasteiger partial charge in [0.25, 0.3) is 0 Å². The maximum absolute atomic E-state index is 2.48. The highest BCUT2D eigenvalue weighted by Gasteiger charge is 2.24. The van der Waals surface area contributed by atoms with E-state index in [1.807, 2.05) is 0 Å². The van der Waals surface area contributed by atoms with E-state index in [0.29, 0.717) is 5.92 Å². The molecule has 0 N–H and O–H groups in total. The summed E-state index contributed by atoms with van der Waals surface area (Å²) < 4.78 is 0. The van der Waals surface area contributed by atoms with Crippen molar-refractivity contribution < 1.29 is 0 Å². The van der Waals surface area contributed by atoms with E-state index in [0.717, 1.165) is 38.5 Å². The minimum Gasteiger partial charge on any atom is -0.0645 e. The molecule has 0 unspecified atom stereocenters. The average molecular weight is 365 g/mol. The van der Waals surface area contributed by atoms with Crippen LogP contribution in [0, 0.1) is 0 Å². The molecule has 0 aromatic heterocycles. The van der Waals surface area contributed by atoms with Crippen LogP contribution in [0.2, 0.25) is 0 Å². The van der Waals surface area contributed by atoms with Crippen molar-refractivity contribution in [3.8, 4) is 0 Å². The lowest BCUT2D eigenvalue weighted by Gasteiger charge is -2.28. The summed E-state index contributed by atoms with van der Waals surface area (Å²) in [6.45, 7) is 16.2. The number of benzene rings is 2. The molecule has 0 nitrogen and oxygen atoms in total. The Morgan fingerprint density at radius 2 is 0.778 bits per heavy atom. The molecule has 0 radical (unpaired) electrons. The molecule has 0 heterocycles. The second kappa shape index (κ2) is 10.1. The van der Waals surface area contributed by atoms with Gasteiger partial charge in [0.1, 0.15) is 0 Å². The van der Waals surface area contributed by atoms with Gasteiger partial charge in [-0.05, 0) is 89.5 Å². The summed E-state index contributed by atoms with van der Waals surface area (Å²) in [4.78, 5) is 0. The Hall–Kier alpha value is -1.56. The molecule has 0 amide bonds. The Morgan fingerprint density at radius 1 is 0.481 bits per heavy atom. The topological polar surface area (TPSA) is 0 Å². The molecule has 0 atom stereocenters. The van der Waals surface area contributed by atoms with Gasteiger partial charge >= 0.3 is 0 Å². The summed E-state index contributed by atoms with van der Waals surface area (Å²) in [6, 6.07) is 9.92. The van der Waals surface area contributed by atoms with E-state index in [-0.39, 0.29) is 0 Å². The van der Waals surface area contributed by atoms with E-state index >= 15 is 0 Å². The zero-order valence-electron chi connectivity index (χ0n) is 18.8. The van der Waals surface area contributed by atoms with Crippen molar-refractivity contribution in [2.45, 2.75) is 99.3 Å². The Bertz CT molecular complexity index is 637. The summed E-state index contributed by atoms with van der Waals surface area (Å²) in [5.74, 6) is 0.525. The van der Waals surface area contributed by atoms with Crippen molar-refractivity contribution in [1.29, 1.82) is 0 Å². The fourth-order valence-corrected chi connectivity index (χ4v) is 4.73. The van der Waals surface area contributed by atoms with Gasteiger partial charge < -0.3 is 0 Å². The fourth-order valence-electron chi connectivity index (χ4n) is 4.73. The van der Waals surface area contributed by atoms with Crippen molar-refractivity contribution >= 4 is 0 Å². The first-order valence-electron chi connectivity index (χ1n) is 11.4. The highest BCUT2D eigenvalue weighted by atomic mass is 14.3. The summed E-state index contributed by atoms with van der Waals surface area (Å²) >= 11 is 0. The lowest BCUT2D eigenvalue weighted by Crippen LogP contribution is -2.13. The van der Waals surface area contributed by atoms with Gasteiger partial charge in [0.15, 0.2) is 0 Å². The van der Waals surface area contributed by atoms with Crippen molar-refractivity contribution in [1.82, 2.24) is 0 Å². The van der Waals surface area contributed by atoms with Gasteiger partial charge in [0.05, 0.1) is 0 Å². The Kier molecular flexibility index (Phi) is 8.14. The molecule has 0 aliphatic heterocycles. The minimum atomic E-state index is 0.525. The molecule has 2 rings (SSSR count). The van der Waals surface area contributed by atoms with E-state index < -0.39 is 0 Å². The lowest BCUT2D eigenvalue weighted by atomic mass is 9.76. The highest BCUT2D eigenvalue weighted by Crippen LogP contribution is 2.39. The van der Waals surface area contributed by atoms with Crippen molar-refractivity contribution in [2.24, 2.45) is 0 Å². The quantitative estimate of drug-likeness (QED) is 0.429. The van der Waals surface area contributed by atoms with Crippen molar-refractivity contribution in [3.63, 3.8) is 0 Å². The molecule has 0 bridgehead atoms. The number of rotatable bonds is 9. The standard InChI is InChI=1S/C27H40/c1-8-19-15-21(10-3)26(22(11-4)16-19)25(14-7)27-23(12-5)17-20(9-2)18-24(27)13-6/h15-18,25H,8-14H2,1-7H3. The second-order valence-electron chi connectivity index (χ2n) is 7.74. The average Bonchev–Trinajstić information content (AvgIpc) is 2.73. The fraction of sp³-hybridized carbons (Fsp3) is 0.556. The van der Waals surface area contributed by atoms with E-state index in [2.05, 4.69) is 72.7 Å². The molecule has 2 aromatic rings. The van der Waals surface area contributed by atoms with Crippen LogP contribution in [0.5, 0.6) is 0 Å². The van der Waals surface area contributed by atoms with Crippen molar-refractivity contribution in [3.05, 3.63) is 68.8 Å².